The largest absolute Gasteiger partial charge is 0.493 e. The molecule has 2 atom stereocenters. The summed E-state index contributed by atoms with van der Waals surface area (Å²) in [6, 6.07) is 5.42. The van der Waals surface area contributed by atoms with Crippen molar-refractivity contribution < 1.29 is 24.2 Å². The molecule has 2 N–H and O–H groups in total. The lowest BCUT2D eigenvalue weighted by Crippen LogP contribution is -2.36. The zero-order chi connectivity index (χ0) is 16.4. The highest BCUT2D eigenvalue weighted by atomic mass is 16.5. The van der Waals surface area contributed by atoms with Crippen molar-refractivity contribution in [2.45, 2.75) is 25.3 Å². The van der Waals surface area contributed by atoms with Crippen LogP contribution in [-0.2, 0) is 9.59 Å². The third-order valence-electron chi connectivity index (χ3n) is 4.34. The summed E-state index contributed by atoms with van der Waals surface area (Å²) in [6.45, 7) is 0.175. The van der Waals surface area contributed by atoms with E-state index in [0.29, 0.717) is 36.3 Å². The molecule has 1 fully saturated rings. The lowest BCUT2D eigenvalue weighted by atomic mass is 10.1. The zero-order valence-corrected chi connectivity index (χ0v) is 12.9. The summed E-state index contributed by atoms with van der Waals surface area (Å²) >= 11 is 0. The van der Waals surface area contributed by atoms with Gasteiger partial charge < -0.3 is 19.9 Å². The number of hydrogen-bond donors (Lipinski definition) is 2. The van der Waals surface area contributed by atoms with Gasteiger partial charge in [-0.25, -0.2) is 0 Å². The summed E-state index contributed by atoms with van der Waals surface area (Å²) in [5.41, 5.74) is 1.33. The van der Waals surface area contributed by atoms with Gasteiger partial charge >= 0.3 is 5.97 Å². The Hall–Kier alpha value is -2.50. The Balaban J connectivity index is 1.69. The van der Waals surface area contributed by atoms with Crippen molar-refractivity contribution in [1.29, 1.82) is 0 Å². The lowest BCUT2D eigenvalue weighted by molar-refractivity contribution is -0.141. The van der Waals surface area contributed by atoms with Gasteiger partial charge in [0.05, 0.1) is 18.6 Å². The first-order chi connectivity index (χ1) is 11.1. The van der Waals surface area contributed by atoms with Gasteiger partial charge in [-0.15, -0.1) is 0 Å². The van der Waals surface area contributed by atoms with Gasteiger partial charge in [0.1, 0.15) is 6.61 Å². The Morgan fingerprint density at radius 3 is 2.87 bits per heavy atom. The number of nitrogens with one attached hydrogen (secondary N) is 1. The van der Waals surface area contributed by atoms with E-state index in [1.54, 1.807) is 13.2 Å². The van der Waals surface area contributed by atoms with Crippen LogP contribution in [0.3, 0.4) is 0 Å². The van der Waals surface area contributed by atoms with Crippen molar-refractivity contribution in [2.75, 3.05) is 13.7 Å². The predicted octanol–water partition coefficient (Wildman–Crippen LogP) is 1.84. The summed E-state index contributed by atoms with van der Waals surface area (Å²) in [6.07, 6.45) is 3.58. The maximum absolute atomic E-state index is 12.4. The number of para-hydroxylation sites is 1. The third kappa shape index (κ3) is 3.16. The van der Waals surface area contributed by atoms with Crippen molar-refractivity contribution in [1.82, 2.24) is 5.32 Å². The molecule has 6 heteroatoms. The minimum atomic E-state index is -0.789. The van der Waals surface area contributed by atoms with Crippen LogP contribution < -0.4 is 14.8 Å². The molecule has 2 aliphatic rings. The van der Waals surface area contributed by atoms with Crippen molar-refractivity contribution in [2.24, 2.45) is 5.92 Å². The number of aliphatic carboxylic acids is 1. The monoisotopic (exact) mass is 317 g/mol. The molecule has 1 saturated carbocycles. The van der Waals surface area contributed by atoms with Crippen molar-refractivity contribution >= 4 is 18.0 Å². The molecule has 6 nitrogen and oxygen atoms in total. The van der Waals surface area contributed by atoms with E-state index in [1.165, 1.54) is 0 Å². The van der Waals surface area contributed by atoms with E-state index in [0.717, 1.165) is 5.56 Å². The van der Waals surface area contributed by atoms with Crippen molar-refractivity contribution in [3.63, 3.8) is 0 Å². The van der Waals surface area contributed by atoms with Gasteiger partial charge in [0.25, 0.3) is 5.91 Å². The molecule has 0 unspecified atom stereocenters. The number of fused-ring (bicyclic) bond motifs is 1. The number of carbonyl (C=O) groups is 2. The maximum Gasteiger partial charge on any atom is 0.306 e. The Morgan fingerprint density at radius 1 is 1.35 bits per heavy atom. The topological polar surface area (TPSA) is 84.9 Å². The average Bonchev–Trinajstić information content (AvgIpc) is 3.02. The molecule has 0 aromatic heterocycles. The van der Waals surface area contributed by atoms with Crippen LogP contribution in [0.25, 0.3) is 6.08 Å². The highest BCUT2D eigenvalue weighted by molar-refractivity contribution is 5.99. The number of ether oxygens (including phenoxy) is 2. The molecule has 0 bridgehead atoms. The van der Waals surface area contributed by atoms with Crippen LogP contribution in [-0.4, -0.2) is 36.7 Å². The minimum absolute atomic E-state index is 0.0868. The maximum atomic E-state index is 12.4. The Labute approximate surface area is 134 Å². The van der Waals surface area contributed by atoms with Gasteiger partial charge in [0.2, 0.25) is 0 Å². The van der Waals surface area contributed by atoms with Crippen LogP contribution in [0.15, 0.2) is 23.8 Å². The number of benzene rings is 1. The molecular weight excluding hydrogens is 298 g/mol. The molecule has 1 aliphatic heterocycles. The van der Waals surface area contributed by atoms with Crippen molar-refractivity contribution in [3.8, 4) is 11.5 Å². The second kappa shape index (κ2) is 6.32. The molecule has 1 heterocycles. The number of carbonyl (C=O) groups excluding carboxylic acids is 1. The van der Waals surface area contributed by atoms with E-state index in [-0.39, 0.29) is 24.5 Å². The van der Waals surface area contributed by atoms with Gasteiger partial charge in [-0.1, -0.05) is 12.1 Å². The summed E-state index contributed by atoms with van der Waals surface area (Å²) in [5, 5.41) is 11.9. The molecule has 3 rings (SSSR count). The van der Waals surface area contributed by atoms with Gasteiger partial charge in [-0.2, -0.15) is 0 Å². The van der Waals surface area contributed by atoms with Gasteiger partial charge in [0.15, 0.2) is 11.5 Å². The molecule has 1 aromatic rings. The first kappa shape index (κ1) is 15.4. The second-order valence-corrected chi connectivity index (χ2v) is 5.86. The Morgan fingerprint density at radius 2 is 2.17 bits per heavy atom. The highest BCUT2D eigenvalue weighted by Crippen LogP contribution is 2.35. The minimum Gasteiger partial charge on any atom is -0.493 e. The molecule has 0 saturated heterocycles. The van der Waals surface area contributed by atoms with Gasteiger partial charge in [-0.05, 0) is 31.4 Å². The van der Waals surface area contributed by atoms with Crippen molar-refractivity contribution in [3.05, 3.63) is 29.3 Å². The first-order valence-electron chi connectivity index (χ1n) is 7.62. The number of carboxylic acids is 1. The normalized spacial score (nSPS) is 22.6. The van der Waals surface area contributed by atoms with E-state index in [4.69, 9.17) is 14.6 Å². The van der Waals surface area contributed by atoms with E-state index in [9.17, 15) is 9.59 Å². The van der Waals surface area contributed by atoms with E-state index >= 15 is 0 Å². The zero-order valence-electron chi connectivity index (χ0n) is 12.9. The molecular formula is C17H19NO5. The molecule has 0 radical (unpaired) electrons. The fourth-order valence-corrected chi connectivity index (χ4v) is 3.09. The van der Waals surface area contributed by atoms with Crippen LogP contribution in [0.4, 0.5) is 0 Å². The summed E-state index contributed by atoms with van der Waals surface area (Å²) < 4.78 is 10.9. The smallest absolute Gasteiger partial charge is 0.306 e. The fourth-order valence-electron chi connectivity index (χ4n) is 3.09. The van der Waals surface area contributed by atoms with Crippen LogP contribution in [0, 0.1) is 5.92 Å². The molecule has 1 amide bonds. The number of carboxylic acid groups (broad SMARTS) is 1. The lowest BCUT2D eigenvalue weighted by Gasteiger charge is -2.21. The molecule has 23 heavy (non-hydrogen) atoms. The molecule has 122 valence electrons. The van der Waals surface area contributed by atoms with Crippen LogP contribution in [0.1, 0.15) is 24.8 Å². The quantitative estimate of drug-likeness (QED) is 0.885. The van der Waals surface area contributed by atoms with E-state index < -0.39 is 5.97 Å². The molecule has 0 spiro atoms. The average molecular weight is 317 g/mol. The number of methoxy groups -OCH3 is 1. The SMILES string of the molecule is COc1cccc2c1OCC(C(=O)N[C@H]1CC[C@@H](C(=O)O)C1)=C2. The van der Waals surface area contributed by atoms with Crippen LogP contribution in [0.2, 0.25) is 0 Å². The van der Waals surface area contributed by atoms with Gasteiger partial charge in [-0.3, -0.25) is 9.59 Å². The molecule has 1 aliphatic carbocycles. The van der Waals surface area contributed by atoms with Crippen LogP contribution >= 0.6 is 0 Å². The number of hydrogen-bond acceptors (Lipinski definition) is 4. The van der Waals surface area contributed by atoms with Gasteiger partial charge in [0, 0.05) is 11.6 Å². The second-order valence-electron chi connectivity index (χ2n) is 5.86. The standard InChI is InChI=1S/C17H19NO5/c1-22-14-4-2-3-10-7-12(9-23-15(10)14)16(19)18-13-6-5-11(8-13)17(20)21/h2-4,7,11,13H,5-6,8-9H2,1H3,(H,18,19)(H,20,21)/t11-,13+/m1/s1. The summed E-state index contributed by atoms with van der Waals surface area (Å²) in [4.78, 5) is 23.3. The Bertz CT molecular complexity index is 667. The number of rotatable bonds is 4. The summed E-state index contributed by atoms with van der Waals surface area (Å²) in [5.74, 6) is -0.0731. The first-order valence-corrected chi connectivity index (χ1v) is 7.62. The summed E-state index contributed by atoms with van der Waals surface area (Å²) in [7, 11) is 1.57. The Kier molecular flexibility index (Phi) is 4.23. The third-order valence-corrected chi connectivity index (χ3v) is 4.34. The van der Waals surface area contributed by atoms with E-state index in [2.05, 4.69) is 5.32 Å². The molecule has 1 aromatic carbocycles. The fraction of sp³-hybridized carbons (Fsp3) is 0.412. The van der Waals surface area contributed by atoms with E-state index in [1.807, 2.05) is 18.2 Å². The number of amides is 1. The van der Waals surface area contributed by atoms with Crippen LogP contribution in [0.5, 0.6) is 11.5 Å². The predicted molar refractivity (Wildman–Crippen MR) is 83.4 cm³/mol. The highest BCUT2D eigenvalue weighted by Gasteiger charge is 2.31.